The highest BCUT2D eigenvalue weighted by molar-refractivity contribution is 6.31. The number of hydrogen-bond donors (Lipinski definition) is 0. The molecule has 0 unspecified atom stereocenters. The lowest BCUT2D eigenvalue weighted by atomic mass is 9.97. The molecular formula is C127H138Cl2F2O8. The second kappa shape index (κ2) is 59.5. The first kappa shape index (κ1) is 109. The van der Waals surface area contributed by atoms with E-state index in [2.05, 4.69) is 232 Å². The predicted octanol–water partition coefficient (Wildman–Crippen LogP) is 37.0. The van der Waals surface area contributed by atoms with Gasteiger partial charge in [-0.05, 0) is 282 Å². The predicted molar refractivity (Wildman–Crippen MR) is 577 cm³/mol. The van der Waals surface area contributed by atoms with Crippen molar-refractivity contribution in [2.45, 2.75) is 198 Å². The summed E-state index contributed by atoms with van der Waals surface area (Å²) in [7, 11) is 1.67. The molecule has 0 aliphatic rings. The van der Waals surface area contributed by atoms with Crippen LogP contribution in [0.1, 0.15) is 236 Å². The van der Waals surface area contributed by atoms with E-state index < -0.39 is 0 Å². The molecule has 16 rings (SSSR count). The Hall–Kier alpha value is -13.6. The first-order valence-electron chi connectivity index (χ1n) is 48.1. The third kappa shape index (κ3) is 40.9. The Morgan fingerprint density at radius 2 is 0.489 bits per heavy atom. The molecule has 8 nitrogen and oxygen atoms in total. The third-order valence-corrected chi connectivity index (χ3v) is 23.0. The van der Waals surface area contributed by atoms with Gasteiger partial charge in [0.1, 0.15) is 103 Å². The molecule has 12 heteroatoms. The van der Waals surface area contributed by atoms with Crippen LogP contribution in [0.2, 0.25) is 10.0 Å². The highest BCUT2D eigenvalue weighted by atomic mass is 35.5. The van der Waals surface area contributed by atoms with E-state index in [4.69, 9.17) is 61.1 Å². The van der Waals surface area contributed by atoms with Gasteiger partial charge in [-0.2, -0.15) is 0 Å². The summed E-state index contributed by atoms with van der Waals surface area (Å²) in [6.45, 7) is 38.2. The van der Waals surface area contributed by atoms with E-state index in [0.29, 0.717) is 87.0 Å². The molecule has 0 fully saturated rings. The molecule has 0 saturated heterocycles. The van der Waals surface area contributed by atoms with Gasteiger partial charge in [-0.15, -0.1) is 0 Å². The normalized spacial score (nSPS) is 10.6. The number of benzene rings is 16. The van der Waals surface area contributed by atoms with Gasteiger partial charge in [0.25, 0.3) is 0 Å². The van der Waals surface area contributed by atoms with Crippen molar-refractivity contribution in [3.63, 3.8) is 0 Å². The zero-order valence-corrected chi connectivity index (χ0v) is 85.3. The molecular weight excluding hydrogens is 1760 g/mol. The summed E-state index contributed by atoms with van der Waals surface area (Å²) < 4.78 is 71.3. The Balaban J connectivity index is 0.000000178. The van der Waals surface area contributed by atoms with Crippen LogP contribution in [0.3, 0.4) is 0 Å². The van der Waals surface area contributed by atoms with Gasteiger partial charge in [-0.1, -0.05) is 389 Å². The molecule has 0 aromatic heterocycles. The highest BCUT2D eigenvalue weighted by Gasteiger charge is 2.12. The van der Waals surface area contributed by atoms with E-state index in [1.165, 1.54) is 73.8 Å². The van der Waals surface area contributed by atoms with Gasteiger partial charge in [-0.25, -0.2) is 8.78 Å². The fraction of sp³-hybridized carbons (Fsp3) is 0.244. The molecule has 722 valence electrons. The summed E-state index contributed by atoms with van der Waals surface area (Å²) in [4.78, 5) is 0. The Morgan fingerprint density at radius 3 is 0.871 bits per heavy atom. The minimum absolute atomic E-state index is 0.188. The summed E-state index contributed by atoms with van der Waals surface area (Å²) in [6.07, 6.45) is 0. The van der Waals surface area contributed by atoms with Crippen LogP contribution in [-0.2, 0) is 39.6 Å². The van der Waals surface area contributed by atoms with Gasteiger partial charge in [0, 0.05) is 15.6 Å². The monoisotopic (exact) mass is 1900 g/mol. The average molecular weight is 1900 g/mol. The van der Waals surface area contributed by atoms with Crippen molar-refractivity contribution in [1.29, 1.82) is 0 Å². The van der Waals surface area contributed by atoms with Crippen molar-refractivity contribution in [1.82, 2.24) is 0 Å². The smallest absolute Gasteiger partial charge is 0.127 e. The van der Waals surface area contributed by atoms with Crippen molar-refractivity contribution in [2.75, 3.05) is 7.11 Å². The van der Waals surface area contributed by atoms with Gasteiger partial charge in [0.15, 0.2) is 0 Å². The largest absolute Gasteiger partial charge is 0.497 e. The maximum Gasteiger partial charge on any atom is 0.127 e. The second-order valence-corrected chi connectivity index (χ2v) is 37.0. The molecule has 0 aliphatic carbocycles. The zero-order valence-electron chi connectivity index (χ0n) is 83.8. The number of hydrogen-bond acceptors (Lipinski definition) is 8. The van der Waals surface area contributed by atoms with Crippen molar-refractivity contribution in [2.24, 2.45) is 0 Å². The van der Waals surface area contributed by atoms with E-state index in [1.807, 2.05) is 243 Å². The fourth-order valence-electron chi connectivity index (χ4n) is 13.8. The molecule has 0 saturated carbocycles. The maximum absolute atomic E-state index is 13.1. The molecule has 0 radical (unpaired) electrons. The molecule has 0 spiro atoms. The Morgan fingerprint density at radius 1 is 0.201 bits per heavy atom. The van der Waals surface area contributed by atoms with Gasteiger partial charge in [0.05, 0.1) is 7.11 Å². The molecule has 0 N–H and O–H groups in total. The van der Waals surface area contributed by atoms with Crippen LogP contribution < -0.4 is 37.9 Å². The minimum atomic E-state index is -0.222. The van der Waals surface area contributed by atoms with Gasteiger partial charge in [0.2, 0.25) is 0 Å². The molecule has 0 aliphatic heterocycles. The van der Waals surface area contributed by atoms with Crippen LogP contribution in [0.4, 0.5) is 8.78 Å². The average Bonchev–Trinajstić information content (AvgIpc) is 0.847. The number of halogens is 4. The van der Waals surface area contributed by atoms with E-state index in [1.54, 1.807) is 31.4 Å². The maximum atomic E-state index is 13.1. The summed E-state index contributed by atoms with van der Waals surface area (Å²) in [5, 5.41) is 1.49. The van der Waals surface area contributed by atoms with Crippen LogP contribution >= 0.6 is 23.2 Å². The van der Waals surface area contributed by atoms with Gasteiger partial charge < -0.3 is 37.9 Å². The van der Waals surface area contributed by atoms with Crippen molar-refractivity contribution < 1.29 is 46.7 Å². The van der Waals surface area contributed by atoms with Gasteiger partial charge in [-0.3, -0.25) is 0 Å². The van der Waals surface area contributed by atoms with Crippen molar-refractivity contribution in [3.05, 3.63) is 506 Å². The lowest BCUT2D eigenvalue weighted by molar-refractivity contribution is 0.305. The molecule has 0 heterocycles. The zero-order chi connectivity index (χ0) is 99.6. The lowest BCUT2D eigenvalue weighted by Gasteiger charge is -2.10. The Labute approximate surface area is 837 Å². The summed E-state index contributed by atoms with van der Waals surface area (Å²) in [5.74, 6) is 11.8. The van der Waals surface area contributed by atoms with Crippen molar-refractivity contribution >= 4 is 23.2 Å². The molecule has 16 aromatic carbocycles. The quantitative estimate of drug-likeness (QED) is 0.0441. The van der Waals surface area contributed by atoms with Crippen molar-refractivity contribution in [3.8, 4) is 62.9 Å². The number of methoxy groups -OCH3 is 1. The molecule has 139 heavy (non-hydrogen) atoms. The number of rotatable bonds is 30. The van der Waals surface area contributed by atoms with Crippen LogP contribution in [0.15, 0.2) is 406 Å². The van der Waals surface area contributed by atoms with Crippen LogP contribution in [-0.4, -0.2) is 7.11 Å². The first-order valence-corrected chi connectivity index (χ1v) is 48.8. The van der Waals surface area contributed by atoms with E-state index in [9.17, 15) is 8.78 Å². The Bertz CT molecular complexity index is 6160. The van der Waals surface area contributed by atoms with E-state index in [0.717, 1.165) is 95.2 Å². The van der Waals surface area contributed by atoms with Crippen LogP contribution in [0, 0.1) is 11.6 Å². The topological polar surface area (TPSA) is 73.8 Å². The van der Waals surface area contributed by atoms with Crippen LogP contribution in [0.25, 0.3) is 11.1 Å². The molecule has 0 bridgehead atoms. The van der Waals surface area contributed by atoms with E-state index in [-0.39, 0.29) is 11.6 Å². The minimum Gasteiger partial charge on any atom is -0.497 e. The molecule has 16 aromatic rings. The Kier molecular flexibility index (Phi) is 46.7. The SMILES string of the molecule is CC(C)c1ccc(OCc2ccccc2)cc1.CC(C)c1cccc(-c2cccc(F)c2)c1.CC(C)c1cccc(OCc2ccc(F)cc2)c1.CC(C)c1cccc(OCc2cccc(Cl)c2)c1.CC(C)c1cccc(OCc2ccccc2)c1.CC(C)c1cccc(OCc2ccccc2Cl)c1.CC(C)c1cccc(Oc2ccccc2)c1.COc1ccc(COc2cccc(C(C)C)c2)cc1. The van der Waals surface area contributed by atoms with Gasteiger partial charge >= 0.3 is 0 Å². The number of ether oxygens (including phenoxy) is 8. The summed E-state index contributed by atoms with van der Waals surface area (Å²) >= 11 is 12.0. The third-order valence-electron chi connectivity index (χ3n) is 22.4. The van der Waals surface area contributed by atoms with Crippen LogP contribution in [0.5, 0.6) is 51.7 Å². The summed E-state index contributed by atoms with van der Waals surface area (Å²) in [6, 6.07) is 133. The standard InChI is InChI=1S/C17H20O2.2C16H17ClO.C16H17FO.2C16H18O.C15H15F.C15H16O/c1-13(2)15-5-4-6-17(11-15)19-12-14-7-9-16(18-3)10-8-14;1-12(2)14-6-4-8-16(10-14)18-11-13-5-3-7-15(17)9-13;1-12(2)13-7-5-8-15(10-13)18-11-14-6-3-4-9-16(14)17;1-12(2)14-4-3-5-16(10-14)18-11-13-6-8-15(17)9-7-13;1-13(2)15-9-6-10-16(11-15)17-12-14-7-4-3-5-8-14;1-13(2)15-8-10-16(11-9-15)17-12-14-6-4-3-5-7-14;1-11(2)12-5-3-6-13(9-12)14-7-4-8-15(16)10-14;1-12(2)13-7-6-10-15(11-13)16-14-8-4-3-5-9-14/h4-11,13H,12H2,1-3H3;3*3-10,12H,11H2,1-2H3;2*3-11,13H,12H2,1-2H3;3-11H,1-2H3;3-12H,1-2H3. The second-order valence-electron chi connectivity index (χ2n) is 36.2. The molecule has 0 amide bonds. The lowest BCUT2D eigenvalue weighted by Crippen LogP contribution is -1.97. The van der Waals surface area contributed by atoms with E-state index >= 15 is 0 Å². The first-order chi connectivity index (χ1) is 67.1. The highest BCUT2D eigenvalue weighted by Crippen LogP contribution is 2.32. The number of para-hydroxylation sites is 1. The molecule has 0 atom stereocenters. The fourth-order valence-corrected chi connectivity index (χ4v) is 14.2. The summed E-state index contributed by atoms with van der Waals surface area (Å²) in [5.41, 5.74) is 19.0.